The molecule has 0 radical (unpaired) electrons. The van der Waals surface area contributed by atoms with E-state index in [1.54, 1.807) is 25.1 Å². The number of ether oxygens (including phenoxy) is 2. The Hall–Kier alpha value is -3.23. The number of hydrogen-bond acceptors (Lipinski definition) is 4. The largest absolute Gasteiger partial charge is 0.497 e. The van der Waals surface area contributed by atoms with Gasteiger partial charge in [0, 0.05) is 6.07 Å². The fourth-order valence-corrected chi connectivity index (χ4v) is 2.88. The molecule has 0 aliphatic carbocycles. The van der Waals surface area contributed by atoms with Crippen LogP contribution in [-0.2, 0) is 12.7 Å². The highest BCUT2D eigenvalue weighted by Gasteiger charge is 2.30. The molecule has 0 fully saturated rings. The number of alkyl halides is 3. The highest BCUT2D eigenvalue weighted by Crippen LogP contribution is 2.30. The first-order chi connectivity index (χ1) is 13.2. The van der Waals surface area contributed by atoms with E-state index in [0.717, 1.165) is 16.8 Å². The van der Waals surface area contributed by atoms with Gasteiger partial charge in [0.15, 0.2) is 0 Å². The predicted octanol–water partition coefficient (Wildman–Crippen LogP) is 3.43. The summed E-state index contributed by atoms with van der Waals surface area (Å²) in [7, 11) is 2.98. The summed E-state index contributed by atoms with van der Waals surface area (Å²) in [6, 6.07) is 9.78. The molecule has 28 heavy (non-hydrogen) atoms. The van der Waals surface area contributed by atoms with Gasteiger partial charge in [0.25, 0.3) is 0 Å². The van der Waals surface area contributed by atoms with Crippen molar-refractivity contribution in [2.45, 2.75) is 19.6 Å². The van der Waals surface area contributed by atoms with Gasteiger partial charge in [-0.1, -0.05) is 12.1 Å². The Morgan fingerprint density at radius 3 is 2.46 bits per heavy atom. The van der Waals surface area contributed by atoms with E-state index in [4.69, 9.17) is 9.47 Å². The maximum Gasteiger partial charge on any atom is 0.416 e. The van der Waals surface area contributed by atoms with E-state index in [0.29, 0.717) is 28.6 Å². The summed E-state index contributed by atoms with van der Waals surface area (Å²) in [5.74, 6) is 1.34. The Morgan fingerprint density at radius 2 is 1.82 bits per heavy atom. The zero-order valence-corrected chi connectivity index (χ0v) is 15.4. The molecular weight excluding hydrogens is 375 g/mol. The first-order valence-corrected chi connectivity index (χ1v) is 8.29. The van der Waals surface area contributed by atoms with Gasteiger partial charge < -0.3 is 9.47 Å². The number of benzene rings is 2. The first-order valence-electron chi connectivity index (χ1n) is 8.29. The third-order valence-corrected chi connectivity index (χ3v) is 4.22. The van der Waals surface area contributed by atoms with Crippen molar-refractivity contribution in [3.63, 3.8) is 0 Å². The van der Waals surface area contributed by atoms with Crippen molar-refractivity contribution in [3.05, 3.63) is 69.9 Å². The lowest BCUT2D eigenvalue weighted by atomic mass is 10.1. The minimum Gasteiger partial charge on any atom is -0.497 e. The van der Waals surface area contributed by atoms with Crippen molar-refractivity contribution in [3.8, 4) is 17.2 Å². The molecule has 3 rings (SSSR count). The molecule has 3 aromatic rings. The van der Waals surface area contributed by atoms with Crippen LogP contribution >= 0.6 is 0 Å². The Balaban J connectivity index is 2.01. The number of nitrogens with zero attached hydrogens (tertiary/aromatic N) is 3. The van der Waals surface area contributed by atoms with Gasteiger partial charge in [-0.2, -0.15) is 18.3 Å². The second-order valence-corrected chi connectivity index (χ2v) is 6.06. The van der Waals surface area contributed by atoms with Crippen LogP contribution in [0.1, 0.15) is 17.0 Å². The average molecular weight is 393 g/mol. The van der Waals surface area contributed by atoms with Crippen molar-refractivity contribution in [2.24, 2.45) is 0 Å². The minimum absolute atomic E-state index is 0.0882. The molecule has 0 spiro atoms. The lowest BCUT2D eigenvalue weighted by Crippen LogP contribution is -2.25. The summed E-state index contributed by atoms with van der Waals surface area (Å²) in [5.41, 5.74) is -0.478. The molecule has 9 heteroatoms. The van der Waals surface area contributed by atoms with Crippen molar-refractivity contribution in [1.29, 1.82) is 0 Å². The van der Waals surface area contributed by atoms with Crippen molar-refractivity contribution in [1.82, 2.24) is 14.3 Å². The molecule has 1 aromatic heterocycles. The van der Waals surface area contributed by atoms with Crippen LogP contribution in [0, 0.1) is 6.92 Å². The highest BCUT2D eigenvalue weighted by atomic mass is 19.4. The normalized spacial score (nSPS) is 11.5. The molecule has 0 saturated carbocycles. The Kier molecular flexibility index (Phi) is 5.17. The number of methoxy groups -OCH3 is 2. The Morgan fingerprint density at radius 1 is 1.07 bits per heavy atom. The molecule has 0 atom stereocenters. The van der Waals surface area contributed by atoms with Crippen molar-refractivity contribution in [2.75, 3.05) is 14.2 Å². The quantitative estimate of drug-likeness (QED) is 0.667. The minimum atomic E-state index is -4.45. The SMILES string of the molecule is COc1ccc(-n2c(C)nn(Cc3cccc(C(F)(F)F)c3)c2=O)c(OC)c1. The summed E-state index contributed by atoms with van der Waals surface area (Å²) < 4.78 is 51.7. The van der Waals surface area contributed by atoms with Gasteiger partial charge in [0.2, 0.25) is 0 Å². The zero-order chi connectivity index (χ0) is 20.5. The van der Waals surface area contributed by atoms with Gasteiger partial charge >= 0.3 is 11.9 Å². The second-order valence-electron chi connectivity index (χ2n) is 6.06. The Labute approximate surface area is 158 Å². The lowest BCUT2D eigenvalue weighted by molar-refractivity contribution is -0.137. The summed E-state index contributed by atoms with van der Waals surface area (Å²) in [6.07, 6.45) is -4.45. The smallest absolute Gasteiger partial charge is 0.416 e. The molecule has 0 saturated heterocycles. The summed E-state index contributed by atoms with van der Waals surface area (Å²) >= 11 is 0. The van der Waals surface area contributed by atoms with Crippen LogP contribution in [-0.4, -0.2) is 28.6 Å². The molecule has 1 heterocycles. The number of halogens is 3. The van der Waals surface area contributed by atoms with Gasteiger partial charge in [-0.3, -0.25) is 0 Å². The van der Waals surface area contributed by atoms with Crippen LogP contribution in [0.15, 0.2) is 47.3 Å². The zero-order valence-electron chi connectivity index (χ0n) is 15.4. The Bertz CT molecular complexity index is 1050. The summed E-state index contributed by atoms with van der Waals surface area (Å²) in [6.45, 7) is 1.54. The first kappa shape index (κ1) is 19.5. The fraction of sp³-hybridized carbons (Fsp3) is 0.263. The molecule has 0 N–H and O–H groups in total. The van der Waals surface area contributed by atoms with Gasteiger partial charge in [-0.25, -0.2) is 14.0 Å². The van der Waals surface area contributed by atoms with Gasteiger partial charge in [0.05, 0.1) is 32.0 Å². The fourth-order valence-electron chi connectivity index (χ4n) is 2.88. The number of aryl methyl sites for hydroxylation is 1. The van der Waals surface area contributed by atoms with Gasteiger partial charge in [0.1, 0.15) is 17.3 Å². The maximum atomic E-state index is 12.9. The molecule has 0 unspecified atom stereocenters. The van der Waals surface area contributed by atoms with Crippen molar-refractivity contribution < 1.29 is 22.6 Å². The summed E-state index contributed by atoms with van der Waals surface area (Å²) in [5, 5.41) is 4.19. The predicted molar refractivity (Wildman–Crippen MR) is 96.2 cm³/mol. The van der Waals surface area contributed by atoms with E-state index in [9.17, 15) is 18.0 Å². The molecular formula is C19H18F3N3O3. The van der Waals surface area contributed by atoms with Crippen LogP contribution < -0.4 is 15.2 Å². The third kappa shape index (κ3) is 3.73. The molecule has 0 amide bonds. The van der Waals surface area contributed by atoms with Crippen molar-refractivity contribution >= 4 is 0 Å². The van der Waals surface area contributed by atoms with Crippen LogP contribution in [0.3, 0.4) is 0 Å². The number of rotatable bonds is 5. The molecule has 148 valence electrons. The third-order valence-electron chi connectivity index (χ3n) is 4.22. The van der Waals surface area contributed by atoms with Crippen LogP contribution in [0.25, 0.3) is 5.69 Å². The molecule has 6 nitrogen and oxygen atoms in total. The molecule has 0 aliphatic heterocycles. The second kappa shape index (κ2) is 7.41. The van der Waals surface area contributed by atoms with Crippen LogP contribution in [0.5, 0.6) is 11.5 Å². The van der Waals surface area contributed by atoms with Gasteiger partial charge in [-0.15, -0.1) is 0 Å². The van der Waals surface area contributed by atoms with E-state index in [-0.39, 0.29) is 6.54 Å². The van der Waals surface area contributed by atoms with Crippen LogP contribution in [0.2, 0.25) is 0 Å². The van der Waals surface area contributed by atoms with E-state index >= 15 is 0 Å². The number of hydrogen-bond donors (Lipinski definition) is 0. The molecule has 0 aliphatic rings. The topological polar surface area (TPSA) is 58.3 Å². The molecule has 2 aromatic carbocycles. The van der Waals surface area contributed by atoms with E-state index < -0.39 is 17.4 Å². The number of aromatic nitrogens is 3. The summed E-state index contributed by atoms with van der Waals surface area (Å²) in [4.78, 5) is 12.9. The van der Waals surface area contributed by atoms with E-state index in [1.807, 2.05) is 0 Å². The monoisotopic (exact) mass is 393 g/mol. The highest BCUT2D eigenvalue weighted by molar-refractivity contribution is 5.51. The lowest BCUT2D eigenvalue weighted by Gasteiger charge is -2.11. The molecule has 0 bridgehead atoms. The standard InChI is InChI=1S/C19H18F3N3O3/c1-12-23-24(11-13-5-4-6-14(9-13)19(20,21)22)18(26)25(12)16-8-7-15(27-2)10-17(16)28-3/h4-10H,11H2,1-3H3. The van der Waals surface area contributed by atoms with Gasteiger partial charge in [-0.05, 0) is 36.8 Å². The average Bonchev–Trinajstić information content (AvgIpc) is 2.94. The van der Waals surface area contributed by atoms with E-state index in [1.165, 1.54) is 30.9 Å². The van der Waals surface area contributed by atoms with E-state index in [2.05, 4.69) is 5.10 Å². The maximum absolute atomic E-state index is 12.9. The van der Waals surface area contributed by atoms with Crippen LogP contribution in [0.4, 0.5) is 13.2 Å².